The Morgan fingerprint density at radius 2 is 1.95 bits per heavy atom. The molecule has 0 aromatic carbocycles. The first-order valence-electron chi connectivity index (χ1n) is 6.90. The Labute approximate surface area is 114 Å². The number of nitrogens with one attached hydrogen (secondary N) is 1. The van der Waals surface area contributed by atoms with Gasteiger partial charge in [0.1, 0.15) is 0 Å². The molecule has 0 bridgehead atoms. The standard InChI is InChI=1S/C13H26N2O4/c1-3-5-6-15(7-8-16)13(19)14-10-11(4-2)9-12(17)18/h11,16H,3-10H2,1-2H3,(H,14,19)(H,17,18). The van der Waals surface area contributed by atoms with Crippen LogP contribution in [0.15, 0.2) is 0 Å². The summed E-state index contributed by atoms with van der Waals surface area (Å²) in [6.45, 7) is 5.15. The van der Waals surface area contributed by atoms with E-state index in [2.05, 4.69) is 5.32 Å². The predicted octanol–water partition coefficient (Wildman–Crippen LogP) is 1.29. The number of carboxylic acids is 1. The Morgan fingerprint density at radius 1 is 1.26 bits per heavy atom. The highest BCUT2D eigenvalue weighted by molar-refractivity contribution is 5.74. The van der Waals surface area contributed by atoms with Gasteiger partial charge in [-0.25, -0.2) is 4.79 Å². The number of carbonyl (C=O) groups excluding carboxylic acids is 1. The summed E-state index contributed by atoms with van der Waals surface area (Å²) in [5.41, 5.74) is 0. The van der Waals surface area contributed by atoms with E-state index >= 15 is 0 Å². The van der Waals surface area contributed by atoms with E-state index in [9.17, 15) is 9.59 Å². The Kier molecular flexibility index (Phi) is 9.88. The minimum Gasteiger partial charge on any atom is -0.481 e. The SMILES string of the molecule is CCCCN(CCO)C(=O)NCC(CC)CC(=O)O. The third-order valence-electron chi connectivity index (χ3n) is 3.02. The summed E-state index contributed by atoms with van der Waals surface area (Å²) in [6, 6.07) is -0.230. The van der Waals surface area contributed by atoms with E-state index in [1.54, 1.807) is 4.90 Å². The van der Waals surface area contributed by atoms with Gasteiger partial charge in [0.25, 0.3) is 0 Å². The van der Waals surface area contributed by atoms with Gasteiger partial charge < -0.3 is 20.4 Å². The fourth-order valence-electron chi connectivity index (χ4n) is 1.74. The molecule has 0 aliphatic carbocycles. The highest BCUT2D eigenvalue weighted by atomic mass is 16.4. The lowest BCUT2D eigenvalue weighted by Gasteiger charge is -2.23. The first-order valence-corrected chi connectivity index (χ1v) is 6.90. The number of carbonyl (C=O) groups is 2. The summed E-state index contributed by atoms with van der Waals surface area (Å²) in [7, 11) is 0. The molecular weight excluding hydrogens is 248 g/mol. The molecule has 0 aromatic rings. The molecule has 0 radical (unpaired) electrons. The van der Waals surface area contributed by atoms with Crippen LogP contribution in [0.3, 0.4) is 0 Å². The number of urea groups is 1. The van der Waals surface area contributed by atoms with Crippen LogP contribution in [0.5, 0.6) is 0 Å². The summed E-state index contributed by atoms with van der Waals surface area (Å²) >= 11 is 0. The Hall–Kier alpha value is -1.30. The Balaban J connectivity index is 4.18. The van der Waals surface area contributed by atoms with Crippen molar-refractivity contribution in [1.82, 2.24) is 10.2 Å². The Bertz CT molecular complexity index is 271. The average molecular weight is 274 g/mol. The van der Waals surface area contributed by atoms with E-state index in [-0.39, 0.29) is 25.0 Å². The maximum Gasteiger partial charge on any atom is 0.317 e. The second kappa shape index (κ2) is 10.6. The lowest BCUT2D eigenvalue weighted by molar-refractivity contribution is -0.138. The molecule has 0 saturated heterocycles. The molecule has 0 rings (SSSR count). The lowest BCUT2D eigenvalue weighted by Crippen LogP contribution is -2.43. The molecule has 0 aliphatic heterocycles. The summed E-state index contributed by atoms with van der Waals surface area (Å²) in [4.78, 5) is 24.1. The number of aliphatic carboxylic acids is 1. The van der Waals surface area contributed by atoms with Crippen molar-refractivity contribution in [3.05, 3.63) is 0 Å². The van der Waals surface area contributed by atoms with Crippen molar-refractivity contribution in [1.29, 1.82) is 0 Å². The molecule has 6 heteroatoms. The van der Waals surface area contributed by atoms with Gasteiger partial charge in [-0.3, -0.25) is 4.79 Å². The van der Waals surface area contributed by atoms with Crippen LogP contribution in [0.25, 0.3) is 0 Å². The van der Waals surface area contributed by atoms with Crippen LogP contribution in [-0.2, 0) is 4.79 Å². The van der Waals surface area contributed by atoms with Gasteiger partial charge in [-0.1, -0.05) is 26.7 Å². The zero-order valence-corrected chi connectivity index (χ0v) is 11.9. The number of carboxylic acid groups (broad SMARTS) is 1. The molecule has 0 spiro atoms. The van der Waals surface area contributed by atoms with Crippen LogP contribution >= 0.6 is 0 Å². The van der Waals surface area contributed by atoms with E-state index in [0.717, 1.165) is 12.8 Å². The van der Waals surface area contributed by atoms with Gasteiger partial charge in [0.05, 0.1) is 6.61 Å². The lowest BCUT2D eigenvalue weighted by atomic mass is 10.0. The minimum atomic E-state index is -0.848. The Morgan fingerprint density at radius 3 is 2.42 bits per heavy atom. The first kappa shape index (κ1) is 17.7. The number of nitrogens with zero attached hydrogens (tertiary/aromatic N) is 1. The van der Waals surface area contributed by atoms with Crippen LogP contribution in [0, 0.1) is 5.92 Å². The molecule has 2 amide bonds. The zero-order chi connectivity index (χ0) is 14.7. The highest BCUT2D eigenvalue weighted by Gasteiger charge is 2.16. The molecule has 19 heavy (non-hydrogen) atoms. The molecule has 1 atom stereocenters. The highest BCUT2D eigenvalue weighted by Crippen LogP contribution is 2.07. The number of unbranched alkanes of at least 4 members (excludes halogenated alkanes) is 1. The number of amides is 2. The van der Waals surface area contributed by atoms with Crippen LogP contribution in [-0.4, -0.2) is 53.4 Å². The molecule has 1 unspecified atom stereocenters. The van der Waals surface area contributed by atoms with Gasteiger partial charge in [-0.2, -0.15) is 0 Å². The zero-order valence-electron chi connectivity index (χ0n) is 11.9. The molecule has 0 fully saturated rings. The van der Waals surface area contributed by atoms with E-state index in [0.29, 0.717) is 26.1 Å². The molecule has 0 aromatic heterocycles. The smallest absolute Gasteiger partial charge is 0.317 e. The molecule has 6 nitrogen and oxygen atoms in total. The van der Waals surface area contributed by atoms with Crippen molar-refractivity contribution in [2.75, 3.05) is 26.2 Å². The molecule has 112 valence electrons. The summed E-state index contributed by atoms with van der Waals surface area (Å²) in [6.07, 6.45) is 2.64. The van der Waals surface area contributed by atoms with E-state index in [1.165, 1.54) is 0 Å². The van der Waals surface area contributed by atoms with Crippen molar-refractivity contribution in [2.24, 2.45) is 5.92 Å². The topological polar surface area (TPSA) is 89.9 Å². The molecule has 0 heterocycles. The third-order valence-corrected chi connectivity index (χ3v) is 3.02. The quantitative estimate of drug-likeness (QED) is 0.560. The van der Waals surface area contributed by atoms with Crippen molar-refractivity contribution < 1.29 is 19.8 Å². The minimum absolute atomic E-state index is 0.0522. The monoisotopic (exact) mass is 274 g/mol. The molecule has 0 aliphatic rings. The number of rotatable bonds is 10. The maximum absolute atomic E-state index is 11.9. The van der Waals surface area contributed by atoms with Gasteiger partial charge in [0, 0.05) is 26.1 Å². The van der Waals surface area contributed by atoms with E-state index in [1.807, 2.05) is 13.8 Å². The van der Waals surface area contributed by atoms with Gasteiger partial charge in [0.2, 0.25) is 0 Å². The maximum atomic E-state index is 11.9. The first-order chi connectivity index (χ1) is 9.04. The summed E-state index contributed by atoms with van der Waals surface area (Å²) in [5.74, 6) is -0.900. The van der Waals surface area contributed by atoms with Gasteiger partial charge >= 0.3 is 12.0 Å². The van der Waals surface area contributed by atoms with Crippen LogP contribution in [0.1, 0.15) is 39.5 Å². The van der Waals surface area contributed by atoms with Gasteiger partial charge in [-0.15, -0.1) is 0 Å². The number of aliphatic hydroxyl groups is 1. The van der Waals surface area contributed by atoms with Gasteiger partial charge in [-0.05, 0) is 12.3 Å². The second-order valence-electron chi connectivity index (χ2n) is 4.62. The summed E-state index contributed by atoms with van der Waals surface area (Å²) in [5, 5.41) is 20.4. The number of aliphatic hydroxyl groups excluding tert-OH is 1. The van der Waals surface area contributed by atoms with Crippen LogP contribution in [0.2, 0.25) is 0 Å². The average Bonchev–Trinajstić information content (AvgIpc) is 2.38. The van der Waals surface area contributed by atoms with Crippen molar-refractivity contribution in [3.8, 4) is 0 Å². The molecule has 0 saturated carbocycles. The third kappa shape index (κ3) is 8.42. The van der Waals surface area contributed by atoms with Crippen LogP contribution < -0.4 is 5.32 Å². The van der Waals surface area contributed by atoms with E-state index < -0.39 is 5.97 Å². The number of hydrogen-bond donors (Lipinski definition) is 3. The predicted molar refractivity (Wildman–Crippen MR) is 73.0 cm³/mol. The van der Waals surface area contributed by atoms with Crippen molar-refractivity contribution in [2.45, 2.75) is 39.5 Å². The van der Waals surface area contributed by atoms with E-state index in [4.69, 9.17) is 10.2 Å². The van der Waals surface area contributed by atoms with Crippen LogP contribution in [0.4, 0.5) is 4.79 Å². The second-order valence-corrected chi connectivity index (χ2v) is 4.62. The fourth-order valence-corrected chi connectivity index (χ4v) is 1.74. The van der Waals surface area contributed by atoms with Gasteiger partial charge in [0.15, 0.2) is 0 Å². The van der Waals surface area contributed by atoms with Crippen molar-refractivity contribution in [3.63, 3.8) is 0 Å². The molecular formula is C13H26N2O4. The summed E-state index contributed by atoms with van der Waals surface area (Å²) < 4.78 is 0. The number of hydrogen-bond acceptors (Lipinski definition) is 3. The molecule has 3 N–H and O–H groups in total. The van der Waals surface area contributed by atoms with Crippen molar-refractivity contribution >= 4 is 12.0 Å². The largest absolute Gasteiger partial charge is 0.481 e. The normalized spacial score (nSPS) is 11.9. The fraction of sp³-hybridized carbons (Fsp3) is 0.846.